The molecule has 1 aromatic rings. The number of aliphatic carboxylic acids is 1. The second-order valence-electron chi connectivity index (χ2n) is 4.16. The molecule has 1 aromatic carbocycles. The highest BCUT2D eigenvalue weighted by Crippen LogP contribution is 2.22. The van der Waals surface area contributed by atoms with Crippen LogP contribution in [0.2, 0.25) is 0 Å². The van der Waals surface area contributed by atoms with Crippen LogP contribution >= 0.6 is 0 Å². The predicted molar refractivity (Wildman–Crippen MR) is 71.9 cm³/mol. The summed E-state index contributed by atoms with van der Waals surface area (Å²) in [6.07, 6.45) is 2.93. The molecule has 1 N–H and O–H groups in total. The molecule has 0 saturated carbocycles. The van der Waals surface area contributed by atoms with E-state index in [0.717, 1.165) is 6.42 Å². The summed E-state index contributed by atoms with van der Waals surface area (Å²) in [6.45, 7) is 6.05. The van der Waals surface area contributed by atoms with Crippen molar-refractivity contribution >= 4 is 5.97 Å². The molecule has 3 nitrogen and oxygen atoms in total. The number of allylic oxidation sites excluding steroid dienone is 1. The molecule has 0 bridgehead atoms. The first-order valence-corrected chi connectivity index (χ1v) is 6.19. The normalized spacial score (nSPS) is 13.2. The van der Waals surface area contributed by atoms with Crippen molar-refractivity contribution in [1.29, 1.82) is 0 Å². The van der Waals surface area contributed by atoms with Crippen LogP contribution in [-0.2, 0) is 11.2 Å². The van der Waals surface area contributed by atoms with Crippen molar-refractivity contribution in [2.24, 2.45) is 0 Å². The molecule has 0 aliphatic heterocycles. The van der Waals surface area contributed by atoms with Gasteiger partial charge in [-0.05, 0) is 31.9 Å². The Morgan fingerprint density at radius 1 is 1.44 bits per heavy atom. The van der Waals surface area contributed by atoms with E-state index in [9.17, 15) is 4.79 Å². The maximum atomic E-state index is 10.8. The van der Waals surface area contributed by atoms with Crippen LogP contribution in [-0.4, -0.2) is 17.2 Å². The second-order valence-corrected chi connectivity index (χ2v) is 4.16. The smallest absolute Gasteiger partial charge is 0.307 e. The minimum Gasteiger partial charge on any atom is -0.486 e. The minimum absolute atomic E-state index is 0.0137. The fourth-order valence-electron chi connectivity index (χ4n) is 1.92. The lowest BCUT2D eigenvalue weighted by molar-refractivity contribution is -0.136. The van der Waals surface area contributed by atoms with Crippen molar-refractivity contribution in [1.82, 2.24) is 0 Å². The SMILES string of the molecule is C/C=C(\CC)C(C)Oc1ccccc1CC(=O)O. The predicted octanol–water partition coefficient (Wildman–Crippen LogP) is 3.44. The van der Waals surface area contributed by atoms with Crippen molar-refractivity contribution in [3.8, 4) is 5.75 Å². The molecule has 1 unspecified atom stereocenters. The summed E-state index contributed by atoms with van der Waals surface area (Å²) in [5.41, 5.74) is 1.92. The van der Waals surface area contributed by atoms with Crippen LogP contribution in [0.25, 0.3) is 0 Å². The van der Waals surface area contributed by atoms with E-state index >= 15 is 0 Å². The molecule has 0 amide bonds. The van der Waals surface area contributed by atoms with E-state index in [1.807, 2.05) is 38.1 Å². The lowest BCUT2D eigenvalue weighted by Crippen LogP contribution is -2.16. The van der Waals surface area contributed by atoms with Gasteiger partial charge in [0.05, 0.1) is 6.42 Å². The number of carboxylic acid groups (broad SMARTS) is 1. The Balaban J connectivity index is 2.87. The highest BCUT2D eigenvalue weighted by molar-refractivity contribution is 5.71. The number of benzene rings is 1. The fourth-order valence-corrected chi connectivity index (χ4v) is 1.92. The maximum Gasteiger partial charge on any atom is 0.307 e. The van der Waals surface area contributed by atoms with E-state index in [1.165, 1.54) is 5.57 Å². The van der Waals surface area contributed by atoms with Crippen molar-refractivity contribution in [2.75, 3.05) is 0 Å². The van der Waals surface area contributed by atoms with Gasteiger partial charge >= 0.3 is 5.97 Å². The third-order valence-electron chi connectivity index (χ3n) is 2.92. The fraction of sp³-hybridized carbons (Fsp3) is 0.400. The number of hydrogen-bond donors (Lipinski definition) is 1. The number of carboxylic acids is 1. The van der Waals surface area contributed by atoms with Gasteiger partial charge in [0, 0.05) is 5.56 Å². The lowest BCUT2D eigenvalue weighted by Gasteiger charge is -2.19. The van der Waals surface area contributed by atoms with Crippen LogP contribution in [0.5, 0.6) is 5.75 Å². The first kappa shape index (κ1) is 14.3. The quantitative estimate of drug-likeness (QED) is 0.784. The van der Waals surface area contributed by atoms with E-state index in [-0.39, 0.29) is 12.5 Å². The number of rotatable bonds is 6. The number of hydrogen-bond acceptors (Lipinski definition) is 2. The molecule has 18 heavy (non-hydrogen) atoms. The maximum absolute atomic E-state index is 10.8. The molecule has 0 aliphatic carbocycles. The van der Waals surface area contributed by atoms with Gasteiger partial charge in [-0.3, -0.25) is 4.79 Å². The van der Waals surface area contributed by atoms with E-state index < -0.39 is 5.97 Å². The molecule has 98 valence electrons. The molecule has 1 rings (SSSR count). The van der Waals surface area contributed by atoms with Gasteiger partial charge < -0.3 is 9.84 Å². The van der Waals surface area contributed by atoms with Crippen LogP contribution in [0.1, 0.15) is 32.8 Å². The van der Waals surface area contributed by atoms with Crippen molar-refractivity contribution in [3.63, 3.8) is 0 Å². The first-order chi connectivity index (χ1) is 8.58. The van der Waals surface area contributed by atoms with Crippen molar-refractivity contribution in [2.45, 2.75) is 39.7 Å². The number of carbonyl (C=O) groups is 1. The van der Waals surface area contributed by atoms with Crippen LogP contribution in [0, 0.1) is 0 Å². The Kier molecular flexibility index (Phi) is 5.43. The zero-order chi connectivity index (χ0) is 13.5. The first-order valence-electron chi connectivity index (χ1n) is 6.19. The second kappa shape index (κ2) is 6.84. The molecule has 0 radical (unpaired) electrons. The summed E-state index contributed by atoms with van der Waals surface area (Å²) >= 11 is 0. The van der Waals surface area contributed by atoms with Gasteiger partial charge in [0.2, 0.25) is 0 Å². The number of ether oxygens (including phenoxy) is 1. The molecule has 0 spiro atoms. The van der Waals surface area contributed by atoms with Gasteiger partial charge in [-0.1, -0.05) is 31.2 Å². The topological polar surface area (TPSA) is 46.5 Å². The Bertz CT molecular complexity index is 435. The highest BCUT2D eigenvalue weighted by atomic mass is 16.5. The van der Waals surface area contributed by atoms with E-state index in [4.69, 9.17) is 9.84 Å². The van der Waals surface area contributed by atoms with E-state index in [0.29, 0.717) is 11.3 Å². The van der Waals surface area contributed by atoms with Gasteiger partial charge in [0.1, 0.15) is 11.9 Å². The van der Waals surface area contributed by atoms with Crippen LogP contribution in [0.3, 0.4) is 0 Å². The molecular formula is C15H20O3. The third-order valence-corrected chi connectivity index (χ3v) is 2.92. The Hall–Kier alpha value is -1.77. The highest BCUT2D eigenvalue weighted by Gasteiger charge is 2.12. The molecule has 3 heteroatoms. The standard InChI is InChI=1S/C15H20O3/c1-4-12(5-2)11(3)18-14-9-7-6-8-13(14)10-15(16)17/h4,6-9,11H,5,10H2,1-3H3,(H,16,17)/b12-4+. The van der Waals surface area contributed by atoms with Crippen LogP contribution in [0.15, 0.2) is 35.9 Å². The molecule has 0 heterocycles. The summed E-state index contributed by atoms with van der Waals surface area (Å²) in [6, 6.07) is 7.29. The van der Waals surface area contributed by atoms with Gasteiger partial charge in [-0.15, -0.1) is 0 Å². The zero-order valence-corrected chi connectivity index (χ0v) is 11.1. The lowest BCUT2D eigenvalue weighted by atomic mass is 10.1. The summed E-state index contributed by atoms with van der Waals surface area (Å²) in [7, 11) is 0. The average Bonchev–Trinajstić information content (AvgIpc) is 2.32. The van der Waals surface area contributed by atoms with Crippen LogP contribution < -0.4 is 4.74 Å². The van der Waals surface area contributed by atoms with Gasteiger partial charge in [-0.25, -0.2) is 0 Å². The minimum atomic E-state index is -0.847. The molecule has 1 atom stereocenters. The Morgan fingerprint density at radius 3 is 2.67 bits per heavy atom. The number of para-hydroxylation sites is 1. The Labute approximate surface area is 108 Å². The summed E-state index contributed by atoms with van der Waals surface area (Å²) in [5.74, 6) is -0.194. The summed E-state index contributed by atoms with van der Waals surface area (Å²) in [4.78, 5) is 10.8. The van der Waals surface area contributed by atoms with Crippen molar-refractivity contribution in [3.05, 3.63) is 41.5 Å². The molecular weight excluding hydrogens is 228 g/mol. The largest absolute Gasteiger partial charge is 0.486 e. The average molecular weight is 248 g/mol. The van der Waals surface area contributed by atoms with E-state index in [2.05, 4.69) is 6.92 Å². The monoisotopic (exact) mass is 248 g/mol. The summed E-state index contributed by atoms with van der Waals surface area (Å²) in [5, 5.41) is 8.86. The van der Waals surface area contributed by atoms with Gasteiger partial charge in [0.15, 0.2) is 0 Å². The van der Waals surface area contributed by atoms with Gasteiger partial charge in [-0.2, -0.15) is 0 Å². The Morgan fingerprint density at radius 2 is 2.11 bits per heavy atom. The third kappa shape index (κ3) is 3.91. The van der Waals surface area contributed by atoms with Crippen molar-refractivity contribution < 1.29 is 14.6 Å². The molecule has 0 saturated heterocycles. The van der Waals surface area contributed by atoms with Gasteiger partial charge in [0.25, 0.3) is 0 Å². The zero-order valence-electron chi connectivity index (χ0n) is 11.1. The molecule has 0 aliphatic rings. The summed E-state index contributed by atoms with van der Waals surface area (Å²) < 4.78 is 5.86. The van der Waals surface area contributed by atoms with E-state index in [1.54, 1.807) is 6.07 Å². The van der Waals surface area contributed by atoms with Crippen LogP contribution in [0.4, 0.5) is 0 Å². The molecule has 0 aromatic heterocycles. The molecule has 0 fully saturated rings.